The lowest BCUT2D eigenvalue weighted by Crippen LogP contribution is -2.24. The van der Waals surface area contributed by atoms with E-state index in [9.17, 15) is 19.2 Å². The Balaban J connectivity index is 0. The van der Waals surface area contributed by atoms with Crippen molar-refractivity contribution in [2.75, 3.05) is 13.1 Å². The Morgan fingerprint density at radius 1 is 0.444 bits per heavy atom. The third-order valence-corrected chi connectivity index (χ3v) is 7.89. The predicted molar refractivity (Wildman–Crippen MR) is 183 cm³/mol. The molecule has 0 saturated carbocycles. The van der Waals surface area contributed by atoms with Crippen LogP contribution in [-0.4, -0.2) is 47.2 Å². The van der Waals surface area contributed by atoms with E-state index in [0.29, 0.717) is 38.8 Å². The van der Waals surface area contributed by atoms with Gasteiger partial charge in [0.2, 0.25) is 11.8 Å². The summed E-state index contributed by atoms with van der Waals surface area (Å²) >= 11 is 0. The van der Waals surface area contributed by atoms with Crippen molar-refractivity contribution in [3.05, 3.63) is 0 Å². The van der Waals surface area contributed by atoms with Crippen LogP contribution in [0.5, 0.6) is 0 Å². The Labute approximate surface area is 275 Å². The first-order chi connectivity index (χ1) is 21.9. The molecule has 0 unspecified atom stereocenters. The lowest BCUT2D eigenvalue weighted by molar-refractivity contribution is -0.234. The van der Waals surface area contributed by atoms with Gasteiger partial charge in [-0.3, -0.25) is 14.4 Å². The average Bonchev–Trinajstić information content (AvgIpc) is 3.02. The third kappa shape index (κ3) is 41.8. The molecular formula is C36H70N2O7. The van der Waals surface area contributed by atoms with Crippen molar-refractivity contribution < 1.29 is 34.4 Å². The van der Waals surface area contributed by atoms with Gasteiger partial charge in [0.25, 0.3) is 0 Å². The largest absolute Gasteiger partial charge is 0.481 e. The van der Waals surface area contributed by atoms with Gasteiger partial charge in [0.15, 0.2) is 0 Å². The van der Waals surface area contributed by atoms with Crippen LogP contribution in [0.15, 0.2) is 0 Å². The van der Waals surface area contributed by atoms with E-state index < -0.39 is 11.9 Å². The summed E-state index contributed by atoms with van der Waals surface area (Å²) in [4.78, 5) is 47.8. The van der Waals surface area contributed by atoms with Crippen LogP contribution in [0.3, 0.4) is 0 Å². The Morgan fingerprint density at radius 3 is 1.11 bits per heavy atom. The molecule has 9 heteroatoms. The molecule has 0 aromatic heterocycles. The molecule has 0 saturated heterocycles. The van der Waals surface area contributed by atoms with Crippen LogP contribution in [0, 0.1) is 0 Å². The number of unbranched alkanes of at least 4 members (excludes halogenated alkanes) is 20. The summed E-state index contributed by atoms with van der Waals surface area (Å²) in [6, 6.07) is 0. The first-order valence-electron chi connectivity index (χ1n) is 18.5. The molecule has 0 aromatic rings. The second-order valence-electron chi connectivity index (χ2n) is 12.3. The zero-order chi connectivity index (χ0) is 33.6. The number of hydrogen-bond acceptors (Lipinski definition) is 6. The van der Waals surface area contributed by atoms with Crippen molar-refractivity contribution in [1.82, 2.24) is 10.6 Å². The molecule has 0 aromatic carbocycles. The molecule has 0 rings (SSSR count). The van der Waals surface area contributed by atoms with Gasteiger partial charge in [0.1, 0.15) is 0 Å². The number of amides is 2. The maximum Gasteiger partial charge on any atom is 0.342 e. The van der Waals surface area contributed by atoms with Gasteiger partial charge in [-0.25, -0.2) is 4.79 Å². The summed E-state index contributed by atoms with van der Waals surface area (Å²) in [5, 5.41) is 22.4. The SMILES string of the molecule is CCCCCCCCCCCC(=O)NCCCCCC(=O)O.CCCCCCCCCCCC(=O)NCCCCCC(=O)OO. The number of hydrogen-bond donors (Lipinski definition) is 4. The van der Waals surface area contributed by atoms with Crippen LogP contribution in [0.25, 0.3) is 0 Å². The van der Waals surface area contributed by atoms with Crippen molar-refractivity contribution in [2.45, 2.75) is 194 Å². The molecular weight excluding hydrogens is 572 g/mol. The summed E-state index contributed by atoms with van der Waals surface area (Å²) in [6.45, 7) is 5.81. The first-order valence-corrected chi connectivity index (χ1v) is 18.5. The molecule has 0 spiro atoms. The quantitative estimate of drug-likeness (QED) is 0.0325. The van der Waals surface area contributed by atoms with E-state index >= 15 is 0 Å². The van der Waals surface area contributed by atoms with Crippen molar-refractivity contribution >= 4 is 23.8 Å². The van der Waals surface area contributed by atoms with E-state index in [1.165, 1.54) is 89.9 Å². The third-order valence-electron chi connectivity index (χ3n) is 7.89. The first kappa shape index (κ1) is 45.0. The van der Waals surface area contributed by atoms with Gasteiger partial charge in [-0.1, -0.05) is 129 Å². The molecule has 0 atom stereocenters. The summed E-state index contributed by atoms with van der Waals surface area (Å²) < 4.78 is 0. The van der Waals surface area contributed by atoms with Crippen LogP contribution in [0.1, 0.15) is 194 Å². The summed E-state index contributed by atoms with van der Waals surface area (Å²) in [5.41, 5.74) is 0. The van der Waals surface area contributed by atoms with Crippen molar-refractivity contribution in [2.24, 2.45) is 0 Å². The van der Waals surface area contributed by atoms with Crippen molar-refractivity contribution in [1.29, 1.82) is 0 Å². The average molecular weight is 643 g/mol. The molecule has 9 nitrogen and oxygen atoms in total. The maximum atomic E-state index is 11.6. The smallest absolute Gasteiger partial charge is 0.342 e. The fourth-order valence-corrected chi connectivity index (χ4v) is 5.02. The second-order valence-corrected chi connectivity index (χ2v) is 12.3. The van der Waals surface area contributed by atoms with Crippen LogP contribution in [0.4, 0.5) is 0 Å². The molecule has 2 amide bonds. The van der Waals surface area contributed by atoms with Crippen LogP contribution in [-0.2, 0) is 24.1 Å². The predicted octanol–water partition coefficient (Wildman–Crippen LogP) is 9.27. The van der Waals surface area contributed by atoms with Gasteiger partial charge in [-0.2, -0.15) is 5.26 Å². The highest BCUT2D eigenvalue weighted by atomic mass is 17.1. The maximum absolute atomic E-state index is 11.6. The number of carboxylic acid groups (broad SMARTS) is 1. The van der Waals surface area contributed by atoms with Crippen molar-refractivity contribution in [3.63, 3.8) is 0 Å². The number of rotatable bonds is 32. The van der Waals surface area contributed by atoms with Gasteiger partial charge in [-0.05, 0) is 38.5 Å². The minimum atomic E-state index is -0.741. The van der Waals surface area contributed by atoms with Gasteiger partial charge in [0.05, 0.1) is 0 Å². The standard InChI is InChI=1S/C18H35NO4.C18H35NO3/c1-2-3-4-5-6-7-8-9-11-14-17(20)19-16-13-10-12-15-18(21)23-22;1-2-3-4-5-6-7-8-9-11-14-17(20)19-16-13-10-12-15-18(21)22/h22H,2-16H2,1H3,(H,19,20);2-16H2,1H3,(H,19,20)(H,21,22). The van der Waals surface area contributed by atoms with Crippen molar-refractivity contribution in [3.8, 4) is 0 Å². The van der Waals surface area contributed by atoms with Gasteiger partial charge in [0, 0.05) is 38.8 Å². The van der Waals surface area contributed by atoms with Crippen LogP contribution >= 0.6 is 0 Å². The van der Waals surface area contributed by atoms with E-state index in [-0.39, 0.29) is 24.7 Å². The Bertz CT molecular complexity index is 688. The molecule has 0 fully saturated rings. The van der Waals surface area contributed by atoms with Gasteiger partial charge < -0.3 is 20.6 Å². The molecule has 266 valence electrons. The highest BCUT2D eigenvalue weighted by molar-refractivity contribution is 5.76. The minimum Gasteiger partial charge on any atom is -0.481 e. The normalized spacial score (nSPS) is 10.6. The lowest BCUT2D eigenvalue weighted by Gasteiger charge is -2.05. The molecule has 0 aliphatic heterocycles. The topological polar surface area (TPSA) is 142 Å². The molecule has 0 radical (unpaired) electrons. The van der Waals surface area contributed by atoms with E-state index in [1.807, 2.05) is 0 Å². The van der Waals surface area contributed by atoms with Crippen LogP contribution < -0.4 is 10.6 Å². The highest BCUT2D eigenvalue weighted by Crippen LogP contribution is 2.11. The molecule has 4 N–H and O–H groups in total. The van der Waals surface area contributed by atoms with E-state index in [0.717, 1.165) is 51.4 Å². The van der Waals surface area contributed by atoms with E-state index in [1.54, 1.807) is 0 Å². The van der Waals surface area contributed by atoms with E-state index in [2.05, 4.69) is 29.4 Å². The summed E-state index contributed by atoms with van der Waals surface area (Å²) in [6.07, 6.45) is 29.2. The zero-order valence-electron chi connectivity index (χ0n) is 29.1. The number of aliphatic carboxylic acids is 1. The van der Waals surface area contributed by atoms with Gasteiger partial charge >= 0.3 is 11.9 Å². The molecule has 45 heavy (non-hydrogen) atoms. The van der Waals surface area contributed by atoms with Crippen LogP contribution in [0.2, 0.25) is 0 Å². The summed E-state index contributed by atoms with van der Waals surface area (Å²) in [5.74, 6) is -1.07. The Kier molecular flexibility index (Phi) is 38.0. The fourth-order valence-electron chi connectivity index (χ4n) is 5.02. The van der Waals surface area contributed by atoms with Gasteiger partial charge in [-0.15, -0.1) is 0 Å². The molecule has 0 heterocycles. The molecule has 0 aliphatic rings. The number of carboxylic acids is 1. The lowest BCUT2D eigenvalue weighted by atomic mass is 10.1. The second kappa shape index (κ2) is 38.0. The highest BCUT2D eigenvalue weighted by Gasteiger charge is 2.04. The monoisotopic (exact) mass is 643 g/mol. The number of nitrogens with one attached hydrogen (secondary N) is 2. The zero-order valence-corrected chi connectivity index (χ0v) is 29.1. The molecule has 0 bridgehead atoms. The fraction of sp³-hybridized carbons (Fsp3) is 0.889. The van der Waals surface area contributed by atoms with E-state index in [4.69, 9.17) is 10.4 Å². The molecule has 0 aliphatic carbocycles. The Hall–Kier alpha value is -2.16. The number of carbonyl (C=O) groups is 4. The minimum absolute atomic E-state index is 0.128. The summed E-state index contributed by atoms with van der Waals surface area (Å²) in [7, 11) is 0. The number of carbonyl (C=O) groups excluding carboxylic acids is 3. The Morgan fingerprint density at radius 2 is 0.756 bits per heavy atom.